The van der Waals surface area contributed by atoms with Crippen LogP contribution in [-0.2, 0) is 24.0 Å². The number of carbonyl (C=O) groups is 5. The number of thioether (sulfide) groups is 1. The topological polar surface area (TPSA) is 214 Å². The summed E-state index contributed by atoms with van der Waals surface area (Å²) in [6.45, 7) is -0.183. The van der Waals surface area contributed by atoms with Crippen LogP contribution in [0.1, 0.15) is 32.1 Å². The van der Waals surface area contributed by atoms with Crippen molar-refractivity contribution in [2.75, 3.05) is 25.1 Å². The molecule has 0 bridgehead atoms. The van der Waals surface area contributed by atoms with Crippen LogP contribution in [0.5, 0.6) is 0 Å². The predicted molar refractivity (Wildman–Crippen MR) is 111 cm³/mol. The van der Waals surface area contributed by atoms with E-state index in [0.29, 0.717) is 31.6 Å². The number of hydrogen-bond acceptors (Lipinski definition) is 8. The summed E-state index contributed by atoms with van der Waals surface area (Å²) in [5.74, 6) is -4.39. The highest BCUT2D eigenvalue weighted by Crippen LogP contribution is 2.04. The quantitative estimate of drug-likeness (QED) is 0.127. The molecule has 0 aliphatic rings. The number of carboxylic acids is 2. The van der Waals surface area contributed by atoms with Gasteiger partial charge in [-0.1, -0.05) is 6.42 Å². The van der Waals surface area contributed by atoms with E-state index in [4.69, 9.17) is 21.7 Å². The highest BCUT2D eigenvalue weighted by molar-refractivity contribution is 7.98. The fourth-order valence-electron chi connectivity index (χ4n) is 2.37. The van der Waals surface area contributed by atoms with Gasteiger partial charge in [0.25, 0.3) is 0 Å². The molecule has 30 heavy (non-hydrogen) atoms. The molecule has 12 nitrogen and oxygen atoms in total. The summed E-state index contributed by atoms with van der Waals surface area (Å²) in [4.78, 5) is 58.7. The molecule has 0 aromatic rings. The summed E-state index contributed by atoms with van der Waals surface area (Å²) in [7, 11) is 0. The molecular formula is C17H31N5O7S. The van der Waals surface area contributed by atoms with Gasteiger partial charge in [0.2, 0.25) is 17.7 Å². The van der Waals surface area contributed by atoms with Gasteiger partial charge in [-0.2, -0.15) is 11.8 Å². The van der Waals surface area contributed by atoms with Crippen LogP contribution in [0, 0.1) is 0 Å². The average Bonchev–Trinajstić information content (AvgIpc) is 2.68. The molecule has 0 fully saturated rings. The number of carbonyl (C=O) groups excluding carboxylic acids is 3. The fourth-order valence-corrected chi connectivity index (χ4v) is 2.84. The number of nitrogens with two attached hydrogens (primary N) is 2. The fraction of sp³-hybridized carbons (Fsp3) is 0.706. The molecule has 13 heteroatoms. The van der Waals surface area contributed by atoms with Crippen LogP contribution in [0.3, 0.4) is 0 Å². The van der Waals surface area contributed by atoms with Crippen molar-refractivity contribution < 1.29 is 34.2 Å². The highest BCUT2D eigenvalue weighted by atomic mass is 32.2. The molecule has 0 saturated carbocycles. The Kier molecular flexibility index (Phi) is 14.2. The number of amides is 3. The van der Waals surface area contributed by atoms with Crippen LogP contribution in [0.25, 0.3) is 0 Å². The van der Waals surface area contributed by atoms with Crippen LogP contribution in [0.2, 0.25) is 0 Å². The zero-order valence-electron chi connectivity index (χ0n) is 16.9. The van der Waals surface area contributed by atoms with E-state index >= 15 is 0 Å². The van der Waals surface area contributed by atoms with Crippen LogP contribution < -0.4 is 27.4 Å². The van der Waals surface area contributed by atoms with Gasteiger partial charge in [-0.15, -0.1) is 0 Å². The van der Waals surface area contributed by atoms with Crippen LogP contribution >= 0.6 is 11.8 Å². The van der Waals surface area contributed by atoms with Gasteiger partial charge < -0.3 is 37.6 Å². The van der Waals surface area contributed by atoms with Crippen LogP contribution in [0.15, 0.2) is 0 Å². The lowest BCUT2D eigenvalue weighted by atomic mass is 10.1. The Morgan fingerprint density at radius 2 is 1.53 bits per heavy atom. The summed E-state index contributed by atoms with van der Waals surface area (Å²) in [6.07, 6.45) is 2.85. The molecule has 3 amide bonds. The van der Waals surface area contributed by atoms with E-state index in [-0.39, 0.29) is 6.42 Å². The first-order valence-electron chi connectivity index (χ1n) is 9.39. The second kappa shape index (κ2) is 15.5. The molecular weight excluding hydrogens is 418 g/mol. The Labute approximate surface area is 178 Å². The van der Waals surface area contributed by atoms with Crippen LogP contribution in [-0.4, -0.2) is 83.1 Å². The number of nitrogens with one attached hydrogen (secondary N) is 3. The molecule has 0 aliphatic carbocycles. The number of carboxylic acid groups (broad SMARTS) is 2. The van der Waals surface area contributed by atoms with Gasteiger partial charge in [0.1, 0.15) is 18.6 Å². The predicted octanol–water partition coefficient (Wildman–Crippen LogP) is -2.16. The third-order valence-electron chi connectivity index (χ3n) is 3.98. The summed E-state index contributed by atoms with van der Waals surface area (Å²) in [6, 6.07) is -3.47. The standard InChI is InChI=1S/C17H31N5O7S/c1-30-7-5-11(16(28)20-9-14(25)26)21-17(29)12(8-13(23)24)22-15(27)10(19)4-2-3-6-18/h10-12H,2-9,18-19H2,1H3,(H,20,28)(H,21,29)(H,22,27)(H,23,24)(H,25,26). The maximum absolute atomic E-state index is 12.6. The molecule has 0 aromatic carbocycles. The molecule has 0 aromatic heterocycles. The lowest BCUT2D eigenvalue weighted by Gasteiger charge is -2.23. The first-order chi connectivity index (χ1) is 14.1. The van der Waals surface area contributed by atoms with Crippen molar-refractivity contribution in [3.05, 3.63) is 0 Å². The van der Waals surface area contributed by atoms with Crippen LogP contribution in [0.4, 0.5) is 0 Å². The van der Waals surface area contributed by atoms with Crippen molar-refractivity contribution in [2.24, 2.45) is 11.5 Å². The maximum atomic E-state index is 12.6. The monoisotopic (exact) mass is 449 g/mol. The summed E-state index contributed by atoms with van der Waals surface area (Å²) < 4.78 is 0. The Morgan fingerprint density at radius 3 is 2.07 bits per heavy atom. The third kappa shape index (κ3) is 12.2. The van der Waals surface area contributed by atoms with Gasteiger partial charge in [-0.05, 0) is 37.8 Å². The number of aliphatic carboxylic acids is 2. The van der Waals surface area contributed by atoms with Crippen molar-refractivity contribution in [3.63, 3.8) is 0 Å². The van der Waals surface area contributed by atoms with E-state index in [9.17, 15) is 24.0 Å². The minimum Gasteiger partial charge on any atom is -0.481 e. The van der Waals surface area contributed by atoms with E-state index in [2.05, 4.69) is 16.0 Å². The average molecular weight is 450 g/mol. The van der Waals surface area contributed by atoms with Gasteiger partial charge >= 0.3 is 11.9 Å². The molecule has 0 rings (SSSR count). The SMILES string of the molecule is CSCCC(NC(=O)C(CC(=O)O)NC(=O)C(N)CCCCN)C(=O)NCC(=O)O. The molecule has 0 aliphatic heterocycles. The Morgan fingerprint density at radius 1 is 0.900 bits per heavy atom. The largest absolute Gasteiger partial charge is 0.481 e. The lowest BCUT2D eigenvalue weighted by molar-refractivity contribution is -0.141. The first kappa shape index (κ1) is 27.6. The van der Waals surface area contributed by atoms with E-state index < -0.39 is 60.8 Å². The van der Waals surface area contributed by atoms with Gasteiger partial charge in [-0.25, -0.2) is 0 Å². The molecule has 0 heterocycles. The second-order valence-electron chi connectivity index (χ2n) is 6.50. The summed E-state index contributed by atoms with van der Waals surface area (Å²) in [5, 5.41) is 24.6. The molecule has 172 valence electrons. The molecule has 9 N–H and O–H groups in total. The second-order valence-corrected chi connectivity index (χ2v) is 7.49. The van der Waals surface area contributed by atoms with E-state index in [1.165, 1.54) is 11.8 Å². The molecule has 0 spiro atoms. The van der Waals surface area contributed by atoms with Crippen molar-refractivity contribution in [3.8, 4) is 0 Å². The first-order valence-corrected chi connectivity index (χ1v) is 10.8. The molecule has 0 radical (unpaired) electrons. The van der Waals surface area contributed by atoms with Gasteiger partial charge in [-0.3, -0.25) is 24.0 Å². The number of hydrogen-bond donors (Lipinski definition) is 7. The Bertz CT molecular complexity index is 605. The van der Waals surface area contributed by atoms with E-state index in [1.54, 1.807) is 6.26 Å². The zero-order valence-corrected chi connectivity index (χ0v) is 17.7. The smallest absolute Gasteiger partial charge is 0.322 e. The van der Waals surface area contributed by atoms with E-state index in [0.717, 1.165) is 0 Å². The van der Waals surface area contributed by atoms with Crippen molar-refractivity contribution in [1.82, 2.24) is 16.0 Å². The third-order valence-corrected chi connectivity index (χ3v) is 4.62. The lowest BCUT2D eigenvalue weighted by Crippen LogP contribution is -2.56. The Hall–Kier alpha value is -2.38. The van der Waals surface area contributed by atoms with Gasteiger partial charge in [0.15, 0.2) is 0 Å². The zero-order chi connectivity index (χ0) is 23.1. The van der Waals surface area contributed by atoms with Crippen molar-refractivity contribution in [1.29, 1.82) is 0 Å². The molecule has 3 atom stereocenters. The van der Waals surface area contributed by atoms with Gasteiger partial charge in [0, 0.05) is 0 Å². The summed E-state index contributed by atoms with van der Waals surface area (Å²) in [5.41, 5.74) is 11.1. The molecule has 0 saturated heterocycles. The molecule has 3 unspecified atom stereocenters. The number of unbranched alkanes of at least 4 members (excludes halogenated alkanes) is 1. The summed E-state index contributed by atoms with van der Waals surface area (Å²) >= 11 is 1.40. The minimum atomic E-state index is -1.44. The normalized spacial score (nSPS) is 13.6. The van der Waals surface area contributed by atoms with Gasteiger partial charge in [0.05, 0.1) is 12.5 Å². The maximum Gasteiger partial charge on any atom is 0.322 e. The van der Waals surface area contributed by atoms with Crippen molar-refractivity contribution in [2.45, 2.75) is 50.2 Å². The minimum absolute atomic E-state index is 0.185. The highest BCUT2D eigenvalue weighted by Gasteiger charge is 2.29. The van der Waals surface area contributed by atoms with Crippen molar-refractivity contribution >= 4 is 41.4 Å². The Balaban J connectivity index is 5.12. The van der Waals surface area contributed by atoms with E-state index in [1.807, 2.05) is 0 Å². The number of rotatable bonds is 16.